The summed E-state index contributed by atoms with van der Waals surface area (Å²) in [5.74, 6) is 0.444. The zero-order valence-corrected chi connectivity index (χ0v) is 11.3. The number of furan rings is 1. The standard InChI is InChI=1S/C12H16BO6/c1-11(2)12(3,4)19-13(18-11)9(16-10(14)17-13)8-6-5-7-15-8/h5-7,9H,1-4H3/q-1. The molecule has 104 valence electrons. The van der Waals surface area contributed by atoms with Crippen molar-refractivity contribution in [3.05, 3.63) is 24.2 Å². The molecule has 1 spiro atoms. The van der Waals surface area contributed by atoms with Gasteiger partial charge in [-0.15, -0.1) is 0 Å². The zero-order valence-electron chi connectivity index (χ0n) is 11.3. The Morgan fingerprint density at radius 2 is 1.79 bits per heavy atom. The number of rotatable bonds is 1. The van der Waals surface area contributed by atoms with Crippen LogP contribution in [-0.2, 0) is 18.7 Å². The number of hydrogen-bond donors (Lipinski definition) is 0. The Morgan fingerprint density at radius 3 is 2.32 bits per heavy atom. The van der Waals surface area contributed by atoms with E-state index in [1.807, 2.05) is 27.7 Å². The maximum Gasteiger partial charge on any atom is 0.488 e. The minimum absolute atomic E-state index is 0.444. The molecule has 7 heteroatoms. The van der Waals surface area contributed by atoms with Gasteiger partial charge >= 0.3 is 12.9 Å². The van der Waals surface area contributed by atoms with Crippen molar-refractivity contribution in [2.24, 2.45) is 0 Å². The molecule has 2 saturated heterocycles. The third kappa shape index (κ3) is 1.68. The summed E-state index contributed by atoms with van der Waals surface area (Å²) in [6, 6.07) is 2.58. The van der Waals surface area contributed by atoms with Gasteiger partial charge in [-0.3, -0.25) is 0 Å². The molecule has 2 aliphatic rings. The van der Waals surface area contributed by atoms with E-state index in [2.05, 4.69) is 0 Å². The Balaban J connectivity index is 2.01. The molecule has 0 aliphatic carbocycles. The predicted molar refractivity (Wildman–Crippen MR) is 65.1 cm³/mol. The van der Waals surface area contributed by atoms with Gasteiger partial charge in [-0.2, -0.15) is 0 Å². The first-order chi connectivity index (χ1) is 8.76. The average molecular weight is 267 g/mol. The summed E-state index contributed by atoms with van der Waals surface area (Å²) >= 11 is 0. The number of hydrogen-bond acceptors (Lipinski definition) is 6. The van der Waals surface area contributed by atoms with E-state index < -0.39 is 30.1 Å². The topological polar surface area (TPSA) is 67.1 Å². The Hall–Kier alpha value is -1.47. The highest BCUT2D eigenvalue weighted by Crippen LogP contribution is 2.50. The van der Waals surface area contributed by atoms with Gasteiger partial charge in [0.1, 0.15) is 11.8 Å². The molecule has 2 aliphatic heterocycles. The summed E-state index contributed by atoms with van der Waals surface area (Å²) in [6.07, 6.45) is 0.686. The molecule has 0 radical (unpaired) electrons. The van der Waals surface area contributed by atoms with E-state index in [-0.39, 0.29) is 0 Å². The number of carbonyl (C=O) groups excluding carboxylic acids is 1. The first kappa shape index (κ1) is 12.6. The normalized spacial score (nSPS) is 30.3. The first-order valence-electron chi connectivity index (χ1n) is 6.23. The molecule has 6 nitrogen and oxygen atoms in total. The lowest BCUT2D eigenvalue weighted by molar-refractivity contribution is 0.00578. The number of carbonyl (C=O) groups is 1. The Labute approximate surface area is 111 Å². The molecular weight excluding hydrogens is 251 g/mol. The van der Waals surface area contributed by atoms with Gasteiger partial charge in [-0.1, -0.05) is 0 Å². The van der Waals surface area contributed by atoms with E-state index in [4.69, 9.17) is 23.1 Å². The lowest BCUT2D eigenvalue weighted by Crippen LogP contribution is -2.45. The van der Waals surface area contributed by atoms with Gasteiger partial charge in [-0.25, -0.2) is 4.79 Å². The monoisotopic (exact) mass is 267 g/mol. The minimum atomic E-state index is -2.36. The molecule has 19 heavy (non-hydrogen) atoms. The lowest BCUT2D eigenvalue weighted by Gasteiger charge is -2.36. The summed E-state index contributed by atoms with van der Waals surface area (Å²) in [7, 11) is 0. The third-order valence-electron chi connectivity index (χ3n) is 4.05. The van der Waals surface area contributed by atoms with E-state index in [1.165, 1.54) is 6.26 Å². The van der Waals surface area contributed by atoms with E-state index in [9.17, 15) is 4.79 Å². The SMILES string of the molecule is CC1(C)O[B-]2(OC(=O)OC2c2ccco2)OC1(C)C. The van der Waals surface area contributed by atoms with E-state index in [1.54, 1.807) is 12.1 Å². The second-order valence-electron chi connectivity index (χ2n) is 5.87. The molecule has 1 unspecified atom stereocenters. The van der Waals surface area contributed by atoms with Gasteiger partial charge < -0.3 is 23.1 Å². The summed E-state index contributed by atoms with van der Waals surface area (Å²) < 4.78 is 27.5. The van der Waals surface area contributed by atoms with Gasteiger partial charge in [0.25, 0.3) is 0 Å². The second kappa shape index (κ2) is 3.55. The van der Waals surface area contributed by atoms with Crippen LogP contribution in [0.2, 0.25) is 0 Å². The van der Waals surface area contributed by atoms with Crippen LogP contribution in [0.25, 0.3) is 0 Å². The van der Waals surface area contributed by atoms with E-state index in [0.29, 0.717) is 5.76 Å². The Kier molecular flexibility index (Phi) is 2.35. The number of cyclic esters (lactones) is 1. The van der Waals surface area contributed by atoms with Gasteiger partial charge in [-0.05, 0) is 39.8 Å². The molecule has 2 fully saturated rings. The van der Waals surface area contributed by atoms with Crippen LogP contribution < -0.4 is 0 Å². The molecule has 0 saturated carbocycles. The summed E-state index contributed by atoms with van der Waals surface area (Å²) in [6.45, 7) is 5.17. The second-order valence-corrected chi connectivity index (χ2v) is 5.87. The van der Waals surface area contributed by atoms with Crippen molar-refractivity contribution in [1.29, 1.82) is 0 Å². The Morgan fingerprint density at radius 1 is 1.16 bits per heavy atom. The molecule has 3 heterocycles. The largest absolute Gasteiger partial charge is 0.608 e. The van der Waals surface area contributed by atoms with Gasteiger partial charge in [0, 0.05) is 11.2 Å². The van der Waals surface area contributed by atoms with Gasteiger partial charge in [0.15, 0.2) is 0 Å². The van der Waals surface area contributed by atoms with Crippen LogP contribution >= 0.6 is 0 Å². The molecular formula is C12H16BO6-. The fraction of sp³-hybridized carbons (Fsp3) is 0.583. The molecule has 1 atom stereocenters. The minimum Gasteiger partial charge on any atom is -0.608 e. The van der Waals surface area contributed by atoms with Crippen molar-refractivity contribution < 1.29 is 27.9 Å². The molecule has 3 rings (SSSR count). The maximum absolute atomic E-state index is 11.5. The smallest absolute Gasteiger partial charge is 0.488 e. The quantitative estimate of drug-likeness (QED) is 0.575. The van der Waals surface area contributed by atoms with Gasteiger partial charge in [0.05, 0.1) is 6.26 Å². The molecule has 0 N–H and O–H groups in total. The van der Waals surface area contributed by atoms with Crippen molar-refractivity contribution in [3.63, 3.8) is 0 Å². The van der Waals surface area contributed by atoms with Crippen LogP contribution in [0.1, 0.15) is 39.5 Å². The highest BCUT2D eigenvalue weighted by Gasteiger charge is 2.64. The first-order valence-corrected chi connectivity index (χ1v) is 6.23. The van der Waals surface area contributed by atoms with Crippen molar-refractivity contribution in [2.75, 3.05) is 0 Å². The fourth-order valence-corrected chi connectivity index (χ4v) is 2.42. The summed E-state index contributed by atoms with van der Waals surface area (Å²) in [5, 5.41) is 0. The molecule has 0 aromatic carbocycles. The molecule has 0 amide bonds. The zero-order chi connectivity index (χ0) is 13.9. The van der Waals surface area contributed by atoms with Crippen molar-refractivity contribution in [3.8, 4) is 0 Å². The highest BCUT2D eigenvalue weighted by atomic mass is 16.9. The fourth-order valence-electron chi connectivity index (χ4n) is 2.42. The van der Waals surface area contributed by atoms with Gasteiger partial charge in [0.2, 0.25) is 0 Å². The maximum atomic E-state index is 11.5. The molecule has 1 aromatic rings. The highest BCUT2D eigenvalue weighted by molar-refractivity contribution is 6.65. The van der Waals surface area contributed by atoms with Crippen LogP contribution in [0, 0.1) is 0 Å². The summed E-state index contributed by atoms with van der Waals surface area (Å²) in [4.78, 5) is 11.5. The lowest BCUT2D eigenvalue weighted by atomic mass is 9.70. The average Bonchev–Trinajstić information content (AvgIpc) is 2.87. The van der Waals surface area contributed by atoms with E-state index in [0.717, 1.165) is 0 Å². The summed E-state index contributed by atoms with van der Waals surface area (Å²) in [5.41, 5.74) is -1.24. The van der Waals surface area contributed by atoms with E-state index >= 15 is 0 Å². The van der Waals surface area contributed by atoms with Crippen molar-refractivity contribution in [2.45, 2.75) is 44.9 Å². The predicted octanol–water partition coefficient (Wildman–Crippen LogP) is 2.57. The molecule has 0 bridgehead atoms. The van der Waals surface area contributed by atoms with Crippen LogP contribution in [0.4, 0.5) is 4.79 Å². The van der Waals surface area contributed by atoms with Crippen LogP contribution in [0.15, 0.2) is 22.8 Å². The molecule has 1 aromatic heterocycles. The number of ether oxygens (including phenoxy) is 1. The Bertz CT molecular complexity index is 490. The van der Waals surface area contributed by atoms with Crippen LogP contribution in [-0.4, -0.2) is 24.1 Å². The van der Waals surface area contributed by atoms with Crippen molar-refractivity contribution in [1.82, 2.24) is 0 Å². The van der Waals surface area contributed by atoms with Crippen LogP contribution in [0.5, 0.6) is 0 Å². The third-order valence-corrected chi connectivity index (χ3v) is 4.05. The van der Waals surface area contributed by atoms with Crippen LogP contribution in [0.3, 0.4) is 0 Å². The van der Waals surface area contributed by atoms with Crippen molar-refractivity contribution >= 4 is 12.9 Å².